The fourth-order valence-corrected chi connectivity index (χ4v) is 11.7. The Morgan fingerprint density at radius 2 is 1.25 bits per heavy atom. The summed E-state index contributed by atoms with van der Waals surface area (Å²) in [6, 6.07) is 61.9. The molecule has 0 amide bonds. The third kappa shape index (κ3) is 3.75. The summed E-state index contributed by atoms with van der Waals surface area (Å²) < 4.78 is 5.25. The summed E-state index contributed by atoms with van der Waals surface area (Å²) in [5.41, 5.74) is 19.6. The normalized spacial score (nSPS) is 14.4. The molecule has 0 N–H and O–H groups in total. The van der Waals surface area contributed by atoms with Gasteiger partial charge in [-0.3, -0.25) is 0 Å². The molecule has 8 aromatic carbocycles. The van der Waals surface area contributed by atoms with Crippen LogP contribution in [0.1, 0.15) is 25.0 Å². The van der Waals surface area contributed by atoms with E-state index in [1.807, 2.05) is 11.3 Å². The van der Waals surface area contributed by atoms with Crippen molar-refractivity contribution in [2.24, 2.45) is 0 Å². The van der Waals surface area contributed by atoms with E-state index in [-0.39, 0.29) is 12.3 Å². The molecule has 4 heteroatoms. The van der Waals surface area contributed by atoms with E-state index in [0.717, 1.165) is 0 Å². The quantitative estimate of drug-likeness (QED) is 0.162. The predicted molar refractivity (Wildman–Crippen MR) is 236 cm³/mol. The smallest absolute Gasteiger partial charge is 0.333 e. The second-order valence-corrected chi connectivity index (χ2v) is 17.1. The number of para-hydroxylation sites is 3. The Labute approximate surface area is 323 Å². The summed E-state index contributed by atoms with van der Waals surface area (Å²) >= 11 is 1.90. The van der Waals surface area contributed by atoms with Crippen LogP contribution >= 0.6 is 11.3 Å². The van der Waals surface area contributed by atoms with Crippen molar-refractivity contribution < 1.29 is 0 Å². The third-order valence-electron chi connectivity index (χ3n) is 13.0. The molecule has 0 saturated carbocycles. The average molecular weight is 717 g/mol. The second-order valence-electron chi connectivity index (χ2n) is 16.0. The summed E-state index contributed by atoms with van der Waals surface area (Å²) in [7, 11) is 0. The Morgan fingerprint density at radius 3 is 2.16 bits per heavy atom. The Kier molecular flexibility index (Phi) is 5.70. The number of nitrogens with zero attached hydrogens (tertiary/aromatic N) is 2. The van der Waals surface area contributed by atoms with Gasteiger partial charge in [-0.05, 0) is 104 Å². The maximum absolute atomic E-state index is 2.65. The van der Waals surface area contributed by atoms with E-state index in [4.69, 9.17) is 0 Å². The number of rotatable bonds is 2. The van der Waals surface area contributed by atoms with Crippen LogP contribution in [-0.2, 0) is 5.41 Å². The van der Waals surface area contributed by atoms with Crippen LogP contribution in [-0.4, -0.2) is 11.4 Å². The van der Waals surface area contributed by atoms with Crippen LogP contribution in [0, 0.1) is 0 Å². The van der Waals surface area contributed by atoms with Crippen LogP contribution in [0.2, 0.25) is 0 Å². The molecule has 13 rings (SSSR count). The Balaban J connectivity index is 1.22. The number of anilines is 2. The van der Waals surface area contributed by atoms with Crippen LogP contribution < -0.4 is 15.7 Å². The first-order valence-electron chi connectivity index (χ1n) is 19.3. The highest BCUT2D eigenvalue weighted by molar-refractivity contribution is 7.25. The van der Waals surface area contributed by atoms with Crippen molar-refractivity contribution in [3.8, 4) is 39.1 Å². The molecule has 0 fully saturated rings. The number of hydrogen-bond acceptors (Lipinski definition) is 2. The second kappa shape index (κ2) is 10.4. The van der Waals surface area contributed by atoms with E-state index in [1.54, 1.807) is 0 Å². The molecule has 0 atom stereocenters. The van der Waals surface area contributed by atoms with Gasteiger partial charge in [0.15, 0.2) is 0 Å². The maximum Gasteiger partial charge on any atom is 0.333 e. The van der Waals surface area contributed by atoms with Gasteiger partial charge in [-0.2, -0.15) is 0 Å². The van der Waals surface area contributed by atoms with Gasteiger partial charge in [0.25, 0.3) is 0 Å². The van der Waals surface area contributed by atoms with Crippen molar-refractivity contribution >= 4 is 82.5 Å². The van der Waals surface area contributed by atoms with Crippen molar-refractivity contribution in [1.82, 2.24) is 4.57 Å². The molecule has 55 heavy (non-hydrogen) atoms. The fourth-order valence-electron chi connectivity index (χ4n) is 10.6. The first-order valence-corrected chi connectivity index (χ1v) is 20.1. The van der Waals surface area contributed by atoms with Crippen molar-refractivity contribution in [2.45, 2.75) is 19.3 Å². The van der Waals surface area contributed by atoms with Crippen LogP contribution in [0.25, 0.3) is 81.0 Å². The molecule has 256 valence electrons. The highest BCUT2D eigenvalue weighted by atomic mass is 32.1. The maximum atomic E-state index is 2.65. The molecule has 0 saturated heterocycles. The van der Waals surface area contributed by atoms with Crippen LogP contribution in [0.3, 0.4) is 0 Å². The van der Waals surface area contributed by atoms with Crippen molar-refractivity contribution in [2.75, 3.05) is 4.81 Å². The van der Waals surface area contributed by atoms with Gasteiger partial charge in [-0.15, -0.1) is 11.3 Å². The molecule has 1 aliphatic carbocycles. The molecule has 0 radical (unpaired) electrons. The zero-order chi connectivity index (χ0) is 36.2. The Hall–Kier alpha value is -6.36. The highest BCUT2D eigenvalue weighted by Gasteiger charge is 2.46. The fraction of sp³-hybridized carbons (Fsp3) is 0.0588. The molecular formula is C51H33BN2S. The van der Waals surface area contributed by atoms with Gasteiger partial charge in [0.1, 0.15) is 0 Å². The summed E-state index contributed by atoms with van der Waals surface area (Å²) in [6.45, 7) is 4.79. The van der Waals surface area contributed by atoms with Gasteiger partial charge in [-0.25, -0.2) is 0 Å². The zero-order valence-electron chi connectivity index (χ0n) is 30.5. The van der Waals surface area contributed by atoms with Crippen LogP contribution in [0.4, 0.5) is 11.4 Å². The molecule has 2 aliphatic heterocycles. The van der Waals surface area contributed by atoms with Gasteiger partial charge in [0.2, 0.25) is 0 Å². The summed E-state index contributed by atoms with van der Waals surface area (Å²) in [5.74, 6) is 0. The van der Waals surface area contributed by atoms with Gasteiger partial charge in [-0.1, -0.05) is 123 Å². The number of aromatic nitrogens is 1. The highest BCUT2D eigenvalue weighted by Crippen LogP contribution is 2.55. The van der Waals surface area contributed by atoms with Gasteiger partial charge in [0, 0.05) is 59.0 Å². The lowest BCUT2D eigenvalue weighted by molar-refractivity contribution is 0.660. The van der Waals surface area contributed by atoms with Crippen LogP contribution in [0.5, 0.6) is 0 Å². The molecule has 4 heterocycles. The topological polar surface area (TPSA) is 8.17 Å². The molecule has 10 aromatic rings. The number of fused-ring (bicyclic) bond motifs is 14. The molecule has 2 nitrogen and oxygen atoms in total. The van der Waals surface area contributed by atoms with Crippen molar-refractivity contribution in [1.29, 1.82) is 0 Å². The van der Waals surface area contributed by atoms with Gasteiger partial charge in [0.05, 0.1) is 11.0 Å². The minimum Gasteiger partial charge on any atom is -0.376 e. The first kappa shape index (κ1) is 30.0. The Bertz CT molecular complexity index is 3310. The average Bonchev–Trinajstić information content (AvgIpc) is 3.85. The third-order valence-corrected chi connectivity index (χ3v) is 14.1. The largest absolute Gasteiger partial charge is 0.376 e. The monoisotopic (exact) mass is 716 g/mol. The van der Waals surface area contributed by atoms with E-state index in [2.05, 4.69) is 187 Å². The first-order chi connectivity index (χ1) is 27.1. The van der Waals surface area contributed by atoms with Gasteiger partial charge < -0.3 is 9.38 Å². The number of hydrogen-bond donors (Lipinski definition) is 0. The molecule has 0 unspecified atom stereocenters. The Morgan fingerprint density at radius 1 is 0.509 bits per heavy atom. The van der Waals surface area contributed by atoms with Crippen molar-refractivity contribution in [3.05, 3.63) is 175 Å². The van der Waals surface area contributed by atoms with E-state index in [1.165, 1.54) is 114 Å². The van der Waals surface area contributed by atoms with E-state index >= 15 is 0 Å². The minimum absolute atomic E-state index is 0.0118. The van der Waals surface area contributed by atoms with Gasteiger partial charge >= 0.3 is 6.85 Å². The summed E-state index contributed by atoms with van der Waals surface area (Å²) in [6.07, 6.45) is 0. The van der Waals surface area contributed by atoms with Crippen LogP contribution in [0.15, 0.2) is 164 Å². The molecule has 2 aromatic heterocycles. The lowest BCUT2D eigenvalue weighted by Gasteiger charge is -2.42. The number of thiophene rings is 1. The van der Waals surface area contributed by atoms with E-state index < -0.39 is 0 Å². The predicted octanol–water partition coefficient (Wildman–Crippen LogP) is 12.4. The molecule has 0 spiro atoms. The zero-order valence-corrected chi connectivity index (χ0v) is 31.3. The summed E-state index contributed by atoms with van der Waals surface area (Å²) in [4.78, 5) is 2.65. The summed E-state index contributed by atoms with van der Waals surface area (Å²) in [5, 5.41) is 5.30. The molecule has 0 bridgehead atoms. The minimum atomic E-state index is -0.118. The molecular weight excluding hydrogens is 683 g/mol. The van der Waals surface area contributed by atoms with E-state index in [0.29, 0.717) is 0 Å². The van der Waals surface area contributed by atoms with Crippen molar-refractivity contribution in [3.63, 3.8) is 0 Å². The molecule has 3 aliphatic rings. The SMILES string of the molecule is CC1(C)c2ccccc2-c2cc3c(cc21)-c1cc(-c2ccc4c(c2)sc2ccccc24)c2c4ccccc4n4c2c1B(c1ccccc1-4)N3c1ccccc1. The lowest BCUT2D eigenvalue weighted by atomic mass is 9.43. The number of benzene rings is 8. The lowest BCUT2D eigenvalue weighted by Crippen LogP contribution is -2.60. The standard InChI is InChI=1S/C51H33BN2S/c1-51(2)40-19-9-6-16-32(40)37-29-45-38(28-41(37)51)39-27-36(30-24-25-34-33-17-8-13-23-46(33)55-47(34)26-30)48-35-18-7-11-21-43(35)53-44-22-12-10-20-42(44)52(49(39)50(48)53)54(45)31-14-4-3-5-15-31/h3-29H,1-2H3. The van der Waals surface area contributed by atoms with E-state index in [9.17, 15) is 0 Å².